The third kappa shape index (κ3) is 2.88. The highest BCUT2D eigenvalue weighted by molar-refractivity contribution is 5.65. The lowest BCUT2D eigenvalue weighted by molar-refractivity contribution is 0.295. The molecule has 0 aliphatic rings. The van der Waals surface area contributed by atoms with Crippen LogP contribution in [0.1, 0.15) is 45.7 Å². The Morgan fingerprint density at radius 2 is 1.50 bits per heavy atom. The zero-order valence-electron chi connectivity index (χ0n) is 11.2. The molecule has 0 heterocycles. The summed E-state index contributed by atoms with van der Waals surface area (Å²) in [5, 5.41) is 0. The quantitative estimate of drug-likeness (QED) is 0.669. The van der Waals surface area contributed by atoms with Crippen molar-refractivity contribution in [3.05, 3.63) is 41.2 Å². The van der Waals surface area contributed by atoms with Crippen LogP contribution in [0.3, 0.4) is 0 Å². The Morgan fingerprint density at radius 1 is 1.00 bits per heavy atom. The molecule has 0 N–H and O–H groups in total. The zero-order valence-corrected chi connectivity index (χ0v) is 11.2. The van der Waals surface area contributed by atoms with Crippen LogP contribution in [0.5, 0.6) is 0 Å². The van der Waals surface area contributed by atoms with E-state index in [2.05, 4.69) is 52.0 Å². The first kappa shape index (κ1) is 12.8. The highest BCUT2D eigenvalue weighted by Gasteiger charge is 2.13. The Balaban J connectivity index is 3.05. The van der Waals surface area contributed by atoms with Gasteiger partial charge in [-0.05, 0) is 36.0 Å². The van der Waals surface area contributed by atoms with E-state index in [4.69, 9.17) is 4.74 Å². The first-order valence-corrected chi connectivity index (χ1v) is 5.68. The summed E-state index contributed by atoms with van der Waals surface area (Å²) < 4.78 is 5.24. The van der Waals surface area contributed by atoms with Crippen molar-refractivity contribution in [2.45, 2.75) is 40.0 Å². The van der Waals surface area contributed by atoms with Crippen molar-refractivity contribution in [3.63, 3.8) is 0 Å². The minimum absolute atomic E-state index is 0.215. The van der Waals surface area contributed by atoms with E-state index in [1.165, 1.54) is 16.7 Å². The van der Waals surface area contributed by atoms with Crippen LogP contribution in [-0.2, 0) is 10.2 Å². The van der Waals surface area contributed by atoms with Gasteiger partial charge in [0.05, 0.1) is 12.9 Å². The molecule has 16 heavy (non-hydrogen) atoms. The van der Waals surface area contributed by atoms with Crippen molar-refractivity contribution in [3.8, 4) is 0 Å². The van der Waals surface area contributed by atoms with E-state index in [0.29, 0.717) is 0 Å². The molecule has 0 bridgehead atoms. The third-order valence-electron chi connectivity index (χ3n) is 3.02. The standard InChI is InChI=1S/C15H22O/c1-11(12(2)16-6)13-7-9-14(10-8-13)15(3,4)5/h7-10H,1-6H3. The Hall–Kier alpha value is -1.24. The summed E-state index contributed by atoms with van der Waals surface area (Å²) in [5.74, 6) is 0.975. The minimum atomic E-state index is 0.215. The predicted octanol–water partition coefficient (Wildman–Crippen LogP) is 4.38. The van der Waals surface area contributed by atoms with Crippen LogP contribution in [0.25, 0.3) is 5.57 Å². The first-order valence-electron chi connectivity index (χ1n) is 5.68. The summed E-state index contributed by atoms with van der Waals surface area (Å²) >= 11 is 0. The van der Waals surface area contributed by atoms with Gasteiger partial charge in [0.15, 0.2) is 0 Å². The molecule has 0 amide bonds. The first-order chi connectivity index (χ1) is 7.36. The Morgan fingerprint density at radius 3 is 1.88 bits per heavy atom. The van der Waals surface area contributed by atoms with Gasteiger partial charge in [-0.1, -0.05) is 45.0 Å². The van der Waals surface area contributed by atoms with E-state index >= 15 is 0 Å². The van der Waals surface area contributed by atoms with Gasteiger partial charge in [-0.2, -0.15) is 0 Å². The number of methoxy groups -OCH3 is 1. The normalized spacial score (nSPS) is 13.4. The molecular formula is C15H22O. The van der Waals surface area contributed by atoms with E-state index in [-0.39, 0.29) is 5.41 Å². The largest absolute Gasteiger partial charge is 0.501 e. The highest BCUT2D eigenvalue weighted by Crippen LogP contribution is 2.25. The molecule has 0 saturated heterocycles. The molecule has 0 aliphatic heterocycles. The second kappa shape index (κ2) is 4.73. The van der Waals surface area contributed by atoms with Crippen molar-refractivity contribution < 1.29 is 4.74 Å². The number of allylic oxidation sites excluding steroid dienone is 2. The molecule has 88 valence electrons. The van der Waals surface area contributed by atoms with Crippen LogP contribution in [0.15, 0.2) is 30.0 Å². The lowest BCUT2D eigenvalue weighted by atomic mass is 9.86. The minimum Gasteiger partial charge on any atom is -0.501 e. The van der Waals surface area contributed by atoms with Crippen LogP contribution in [-0.4, -0.2) is 7.11 Å². The number of rotatable bonds is 2. The lowest BCUT2D eigenvalue weighted by Gasteiger charge is -2.19. The fraction of sp³-hybridized carbons (Fsp3) is 0.467. The molecule has 0 atom stereocenters. The summed E-state index contributed by atoms with van der Waals surface area (Å²) in [4.78, 5) is 0. The number of benzene rings is 1. The number of hydrogen-bond acceptors (Lipinski definition) is 1. The number of ether oxygens (including phenoxy) is 1. The fourth-order valence-corrected chi connectivity index (χ4v) is 1.58. The molecule has 1 heteroatoms. The fourth-order valence-electron chi connectivity index (χ4n) is 1.58. The van der Waals surface area contributed by atoms with Gasteiger partial charge in [-0.15, -0.1) is 0 Å². The van der Waals surface area contributed by atoms with Crippen LogP contribution in [0, 0.1) is 0 Å². The smallest absolute Gasteiger partial charge is 0.0959 e. The Labute approximate surface area is 99.1 Å². The summed E-state index contributed by atoms with van der Waals surface area (Å²) in [5.41, 5.74) is 4.00. The van der Waals surface area contributed by atoms with Gasteiger partial charge in [0.1, 0.15) is 0 Å². The van der Waals surface area contributed by atoms with Crippen molar-refractivity contribution >= 4 is 5.57 Å². The van der Waals surface area contributed by atoms with Crippen LogP contribution >= 0.6 is 0 Å². The molecule has 0 aliphatic carbocycles. The van der Waals surface area contributed by atoms with Crippen LogP contribution in [0.2, 0.25) is 0 Å². The average molecular weight is 218 g/mol. The molecule has 1 nitrogen and oxygen atoms in total. The second-order valence-corrected chi connectivity index (χ2v) is 5.21. The molecule has 0 fully saturated rings. The van der Waals surface area contributed by atoms with Gasteiger partial charge >= 0.3 is 0 Å². The number of hydrogen-bond donors (Lipinski definition) is 0. The summed E-state index contributed by atoms with van der Waals surface area (Å²) in [6, 6.07) is 8.72. The summed E-state index contributed by atoms with van der Waals surface area (Å²) in [6.07, 6.45) is 0. The second-order valence-electron chi connectivity index (χ2n) is 5.21. The van der Waals surface area contributed by atoms with Gasteiger partial charge in [0, 0.05) is 0 Å². The molecule has 1 rings (SSSR count). The zero-order chi connectivity index (χ0) is 12.3. The highest BCUT2D eigenvalue weighted by atomic mass is 16.5. The topological polar surface area (TPSA) is 9.23 Å². The van der Waals surface area contributed by atoms with Gasteiger partial charge in [-0.25, -0.2) is 0 Å². The van der Waals surface area contributed by atoms with Crippen molar-refractivity contribution in [1.29, 1.82) is 0 Å². The van der Waals surface area contributed by atoms with Gasteiger partial charge in [0.25, 0.3) is 0 Å². The molecule has 0 aromatic heterocycles. The van der Waals surface area contributed by atoms with E-state index in [1.54, 1.807) is 7.11 Å². The average Bonchev–Trinajstić information content (AvgIpc) is 2.26. The van der Waals surface area contributed by atoms with E-state index in [0.717, 1.165) is 5.76 Å². The van der Waals surface area contributed by atoms with E-state index in [9.17, 15) is 0 Å². The molecule has 1 aromatic rings. The molecule has 1 aromatic carbocycles. The molecule has 0 radical (unpaired) electrons. The summed E-state index contributed by atoms with van der Waals surface area (Å²) in [7, 11) is 1.71. The van der Waals surface area contributed by atoms with E-state index in [1.807, 2.05) is 6.92 Å². The molecule has 0 unspecified atom stereocenters. The molecular weight excluding hydrogens is 196 g/mol. The summed E-state index contributed by atoms with van der Waals surface area (Å²) in [6.45, 7) is 10.8. The van der Waals surface area contributed by atoms with E-state index < -0.39 is 0 Å². The Kier molecular flexibility index (Phi) is 3.79. The lowest BCUT2D eigenvalue weighted by Crippen LogP contribution is -2.10. The maximum atomic E-state index is 5.24. The SMILES string of the molecule is COC(C)=C(C)c1ccc(C(C)(C)C)cc1. The van der Waals surface area contributed by atoms with Crippen molar-refractivity contribution in [2.24, 2.45) is 0 Å². The maximum Gasteiger partial charge on any atom is 0.0959 e. The third-order valence-corrected chi connectivity index (χ3v) is 3.02. The van der Waals surface area contributed by atoms with Crippen LogP contribution < -0.4 is 0 Å². The monoisotopic (exact) mass is 218 g/mol. The van der Waals surface area contributed by atoms with Crippen molar-refractivity contribution in [2.75, 3.05) is 7.11 Å². The van der Waals surface area contributed by atoms with Crippen molar-refractivity contribution in [1.82, 2.24) is 0 Å². The molecule has 0 saturated carbocycles. The molecule has 0 spiro atoms. The van der Waals surface area contributed by atoms with Crippen LogP contribution in [0.4, 0.5) is 0 Å². The van der Waals surface area contributed by atoms with Gasteiger partial charge < -0.3 is 4.74 Å². The maximum absolute atomic E-state index is 5.24. The van der Waals surface area contributed by atoms with Gasteiger partial charge in [0.2, 0.25) is 0 Å². The Bertz CT molecular complexity index is 377. The predicted molar refractivity (Wildman–Crippen MR) is 70.4 cm³/mol. The van der Waals surface area contributed by atoms with Gasteiger partial charge in [-0.3, -0.25) is 0 Å².